The molecule has 0 amide bonds. The summed E-state index contributed by atoms with van der Waals surface area (Å²) in [5.74, 6) is -0.414. The Bertz CT molecular complexity index is 922. The van der Waals surface area contributed by atoms with Crippen LogP contribution in [-0.2, 0) is 45.6 Å². The molecule has 1 atom stereocenters. The summed E-state index contributed by atoms with van der Waals surface area (Å²) in [6, 6.07) is 4.60. The molecule has 1 aromatic heterocycles. The number of ether oxygens (including phenoxy) is 2. The molecule has 146 valence electrons. The molecule has 2 aliphatic carbocycles. The predicted molar refractivity (Wildman–Crippen MR) is 108 cm³/mol. The van der Waals surface area contributed by atoms with Gasteiger partial charge in [-0.1, -0.05) is 6.07 Å². The second kappa shape index (κ2) is 6.88. The lowest BCUT2D eigenvalue weighted by atomic mass is 9.99. The van der Waals surface area contributed by atoms with E-state index in [4.69, 9.17) is 9.47 Å². The lowest BCUT2D eigenvalue weighted by Gasteiger charge is -2.25. The van der Waals surface area contributed by atoms with E-state index < -0.39 is 11.6 Å². The second-order valence-corrected chi connectivity index (χ2v) is 8.34. The first-order chi connectivity index (χ1) is 13.7. The quantitative estimate of drug-likeness (QED) is 0.801. The molecule has 0 fully saturated rings. The van der Waals surface area contributed by atoms with Crippen LogP contribution in [0, 0.1) is 0 Å². The molecule has 7 heteroatoms. The third kappa shape index (κ3) is 2.71. The SMILES string of the molecule is CCOC(=O)C1(c2ccns2)CN=C(Nc2c3c(cc4c2CCC4)CCC3)O1. The first-order valence-electron chi connectivity index (χ1n) is 9.96. The Balaban J connectivity index is 1.46. The van der Waals surface area contributed by atoms with Crippen LogP contribution in [0.1, 0.15) is 46.9 Å². The number of aliphatic imine (C=N–C) groups is 1. The van der Waals surface area contributed by atoms with E-state index in [1.807, 2.05) is 0 Å². The number of carbonyl (C=O) groups is 1. The van der Waals surface area contributed by atoms with Crippen molar-refractivity contribution < 1.29 is 14.3 Å². The van der Waals surface area contributed by atoms with Gasteiger partial charge in [0, 0.05) is 11.9 Å². The van der Waals surface area contributed by atoms with Gasteiger partial charge in [-0.25, -0.2) is 14.2 Å². The summed E-state index contributed by atoms with van der Waals surface area (Å²) >= 11 is 1.24. The molecule has 3 aliphatic rings. The summed E-state index contributed by atoms with van der Waals surface area (Å²) in [5.41, 5.74) is 5.59. The fourth-order valence-electron chi connectivity index (χ4n) is 4.56. The van der Waals surface area contributed by atoms with Crippen LogP contribution in [0.15, 0.2) is 23.3 Å². The summed E-state index contributed by atoms with van der Waals surface area (Å²) in [6.45, 7) is 2.29. The summed E-state index contributed by atoms with van der Waals surface area (Å²) in [5, 5.41) is 3.46. The maximum atomic E-state index is 12.8. The monoisotopic (exact) mass is 397 g/mol. The molecule has 1 unspecified atom stereocenters. The van der Waals surface area contributed by atoms with Gasteiger partial charge in [0.15, 0.2) is 0 Å². The highest BCUT2D eigenvalue weighted by molar-refractivity contribution is 7.06. The highest BCUT2D eigenvalue weighted by atomic mass is 32.1. The Morgan fingerprint density at radius 2 is 2.00 bits per heavy atom. The Morgan fingerprint density at radius 3 is 2.64 bits per heavy atom. The molecule has 0 radical (unpaired) electrons. The molecule has 0 saturated heterocycles. The molecule has 1 aromatic carbocycles. The van der Waals surface area contributed by atoms with Gasteiger partial charge in [-0.3, -0.25) is 0 Å². The van der Waals surface area contributed by atoms with Crippen molar-refractivity contribution in [1.82, 2.24) is 4.37 Å². The summed E-state index contributed by atoms with van der Waals surface area (Å²) < 4.78 is 15.6. The molecule has 28 heavy (non-hydrogen) atoms. The van der Waals surface area contributed by atoms with Crippen molar-refractivity contribution in [2.24, 2.45) is 4.99 Å². The molecule has 6 nitrogen and oxygen atoms in total. The fourth-order valence-corrected chi connectivity index (χ4v) is 5.25. The van der Waals surface area contributed by atoms with E-state index >= 15 is 0 Å². The number of rotatable bonds is 4. The number of nitrogens with one attached hydrogen (secondary N) is 1. The molecule has 5 rings (SSSR count). The number of hydrogen-bond acceptors (Lipinski definition) is 7. The molecular weight excluding hydrogens is 374 g/mol. The first kappa shape index (κ1) is 17.7. The average Bonchev–Trinajstić information content (AvgIpc) is 3.47. The van der Waals surface area contributed by atoms with Crippen molar-refractivity contribution in [3.05, 3.63) is 45.5 Å². The van der Waals surface area contributed by atoms with Crippen molar-refractivity contribution in [2.75, 3.05) is 18.5 Å². The summed E-state index contributed by atoms with van der Waals surface area (Å²) in [6.07, 6.45) is 8.48. The van der Waals surface area contributed by atoms with E-state index in [2.05, 4.69) is 20.7 Å². The topological polar surface area (TPSA) is 72.8 Å². The van der Waals surface area contributed by atoms with Gasteiger partial charge in [-0.2, -0.15) is 0 Å². The zero-order chi connectivity index (χ0) is 19.1. The number of fused-ring (bicyclic) bond motifs is 2. The standard InChI is InChI=1S/C21H23N3O3S/c1-2-26-19(25)21(17-9-10-23-28-17)12-22-20(27-21)24-18-15-7-3-5-13(15)11-14-6-4-8-16(14)18/h9-11H,2-8,12H2,1H3,(H,22,24). The van der Waals surface area contributed by atoms with E-state index in [1.54, 1.807) is 19.2 Å². The van der Waals surface area contributed by atoms with Crippen LogP contribution in [0.25, 0.3) is 0 Å². The van der Waals surface area contributed by atoms with Crippen LogP contribution >= 0.6 is 11.5 Å². The van der Waals surface area contributed by atoms with E-state index in [0.29, 0.717) is 12.6 Å². The van der Waals surface area contributed by atoms with Gasteiger partial charge in [0.05, 0.1) is 11.5 Å². The number of aryl methyl sites for hydroxylation is 2. The van der Waals surface area contributed by atoms with Crippen LogP contribution < -0.4 is 5.32 Å². The molecule has 2 heterocycles. The Morgan fingerprint density at radius 1 is 1.25 bits per heavy atom. The Kier molecular flexibility index (Phi) is 4.34. The third-order valence-corrected chi connectivity index (χ3v) is 6.75. The largest absolute Gasteiger partial charge is 0.463 e. The van der Waals surface area contributed by atoms with Gasteiger partial charge in [-0.05, 0) is 85.3 Å². The Labute approximate surface area is 168 Å². The van der Waals surface area contributed by atoms with Crippen molar-refractivity contribution in [1.29, 1.82) is 0 Å². The van der Waals surface area contributed by atoms with Crippen molar-refractivity contribution in [3.8, 4) is 0 Å². The summed E-state index contributed by atoms with van der Waals surface area (Å²) in [4.78, 5) is 18.0. The zero-order valence-electron chi connectivity index (χ0n) is 15.9. The Hall–Kier alpha value is -2.41. The molecule has 2 aromatic rings. The van der Waals surface area contributed by atoms with Gasteiger partial charge in [0.1, 0.15) is 6.54 Å². The van der Waals surface area contributed by atoms with Gasteiger partial charge in [-0.15, -0.1) is 0 Å². The number of anilines is 1. The van der Waals surface area contributed by atoms with Crippen LogP contribution in [0.4, 0.5) is 5.69 Å². The van der Waals surface area contributed by atoms with Crippen molar-refractivity contribution >= 4 is 29.2 Å². The minimum atomic E-state index is -1.24. The van der Waals surface area contributed by atoms with Crippen LogP contribution in [0.3, 0.4) is 0 Å². The van der Waals surface area contributed by atoms with Crippen molar-refractivity contribution in [2.45, 2.75) is 51.0 Å². The molecule has 0 saturated carbocycles. The predicted octanol–water partition coefficient (Wildman–Crippen LogP) is 3.38. The smallest absolute Gasteiger partial charge is 0.358 e. The third-order valence-electron chi connectivity index (χ3n) is 5.86. The van der Waals surface area contributed by atoms with E-state index in [1.165, 1.54) is 46.6 Å². The average molecular weight is 398 g/mol. The van der Waals surface area contributed by atoms with Crippen LogP contribution in [-0.4, -0.2) is 29.5 Å². The number of benzene rings is 1. The molecule has 0 bridgehead atoms. The lowest BCUT2D eigenvalue weighted by Crippen LogP contribution is -2.41. The molecular formula is C21H23N3O3S. The fraction of sp³-hybridized carbons (Fsp3) is 0.476. The molecule has 0 spiro atoms. The van der Waals surface area contributed by atoms with Gasteiger partial charge in [0.2, 0.25) is 0 Å². The van der Waals surface area contributed by atoms with E-state index in [0.717, 1.165) is 36.2 Å². The molecule has 1 aliphatic heterocycles. The van der Waals surface area contributed by atoms with E-state index in [9.17, 15) is 4.79 Å². The number of amidine groups is 1. The van der Waals surface area contributed by atoms with Gasteiger partial charge in [0.25, 0.3) is 11.6 Å². The summed E-state index contributed by atoms with van der Waals surface area (Å²) in [7, 11) is 0. The minimum absolute atomic E-state index is 0.202. The number of esters is 1. The highest BCUT2D eigenvalue weighted by Gasteiger charge is 2.50. The zero-order valence-corrected chi connectivity index (χ0v) is 16.7. The highest BCUT2D eigenvalue weighted by Crippen LogP contribution is 2.40. The minimum Gasteiger partial charge on any atom is -0.463 e. The maximum absolute atomic E-state index is 12.8. The van der Waals surface area contributed by atoms with Gasteiger partial charge >= 0.3 is 5.97 Å². The number of nitrogens with zero attached hydrogens (tertiary/aromatic N) is 2. The number of hydrogen-bond donors (Lipinski definition) is 1. The number of aromatic nitrogens is 1. The van der Waals surface area contributed by atoms with Gasteiger partial charge < -0.3 is 14.8 Å². The normalized spacial score (nSPS) is 22.4. The van der Waals surface area contributed by atoms with Crippen LogP contribution in [0.5, 0.6) is 0 Å². The maximum Gasteiger partial charge on any atom is 0.358 e. The van der Waals surface area contributed by atoms with E-state index in [-0.39, 0.29) is 6.54 Å². The molecule has 1 N–H and O–H groups in total. The number of carbonyl (C=O) groups excluding carboxylic acids is 1. The first-order valence-corrected chi connectivity index (χ1v) is 10.7. The van der Waals surface area contributed by atoms with Crippen LogP contribution in [0.2, 0.25) is 0 Å². The second-order valence-electron chi connectivity index (χ2n) is 7.51. The van der Waals surface area contributed by atoms with Crippen molar-refractivity contribution in [3.63, 3.8) is 0 Å². The lowest BCUT2D eigenvalue weighted by molar-refractivity contribution is -0.161.